The van der Waals surface area contributed by atoms with E-state index in [1.54, 1.807) is 0 Å². The average molecular weight is 324 g/mol. The lowest BCUT2D eigenvalue weighted by Crippen LogP contribution is -2.06. The maximum absolute atomic E-state index is 12.6. The van der Waals surface area contributed by atoms with E-state index in [1.165, 1.54) is 19.1 Å². The molecule has 0 spiro atoms. The Morgan fingerprint density at radius 1 is 1.47 bits per heavy atom. The number of alkyl halides is 2. The number of benzene rings is 1. The summed E-state index contributed by atoms with van der Waals surface area (Å²) in [6.07, 6.45) is -2.33. The van der Waals surface area contributed by atoms with Gasteiger partial charge in [-0.15, -0.1) is 0 Å². The van der Waals surface area contributed by atoms with E-state index >= 15 is 0 Å². The predicted octanol–water partition coefficient (Wildman–Crippen LogP) is 3.24. The third-order valence-electron chi connectivity index (χ3n) is 1.88. The van der Waals surface area contributed by atoms with E-state index in [0.717, 1.165) is 0 Å². The molecule has 0 atom stereocenters. The van der Waals surface area contributed by atoms with Crippen LogP contribution in [-0.2, 0) is 0 Å². The van der Waals surface area contributed by atoms with Crippen molar-refractivity contribution in [3.05, 3.63) is 32.4 Å². The molecule has 0 aliphatic carbocycles. The Labute approximate surface area is 98.8 Å². The average Bonchev–Trinajstić information content (AvgIpc) is 2.15. The molecule has 0 bridgehead atoms. The zero-order valence-corrected chi connectivity index (χ0v) is 9.92. The maximum atomic E-state index is 12.6. The van der Waals surface area contributed by atoms with Gasteiger partial charge in [0.25, 0.3) is 6.43 Å². The van der Waals surface area contributed by atoms with Gasteiger partial charge < -0.3 is 0 Å². The maximum Gasteiger partial charge on any atom is 0.264 e. The van der Waals surface area contributed by atoms with Crippen LogP contribution in [0.3, 0.4) is 0 Å². The highest BCUT2D eigenvalue weighted by molar-refractivity contribution is 14.1. The van der Waals surface area contributed by atoms with Crippen molar-refractivity contribution in [1.29, 1.82) is 0 Å². The molecule has 0 unspecified atom stereocenters. The minimum Gasteiger partial charge on any atom is -0.298 e. The highest BCUT2D eigenvalue weighted by Gasteiger charge is 2.20. The van der Waals surface area contributed by atoms with E-state index in [1.807, 2.05) is 22.6 Å². The third-order valence-corrected chi connectivity index (χ3v) is 2.50. The third kappa shape index (κ3) is 2.58. The Bertz CT molecular complexity index is 416. The summed E-state index contributed by atoms with van der Waals surface area (Å²) in [4.78, 5) is 21.8. The number of carbonyl (C=O) groups is 2. The molecule has 0 fully saturated rings. The fourth-order valence-corrected chi connectivity index (χ4v) is 1.99. The quantitative estimate of drug-likeness (QED) is 0.486. The minimum atomic E-state index is -2.75. The number of ketones is 1. The molecule has 0 radical (unpaired) electrons. The summed E-state index contributed by atoms with van der Waals surface area (Å²) in [7, 11) is 0. The number of Topliss-reactive ketones (excluding diaryl/α,β-unsaturated/α-hetero) is 1. The highest BCUT2D eigenvalue weighted by atomic mass is 127. The van der Waals surface area contributed by atoms with Crippen molar-refractivity contribution in [3.63, 3.8) is 0 Å². The number of carbonyl (C=O) groups excluding carboxylic acids is 2. The fraction of sp³-hybridized carbons (Fsp3) is 0.200. The van der Waals surface area contributed by atoms with Crippen LogP contribution < -0.4 is 0 Å². The molecule has 1 aromatic rings. The standard InChI is InChI=1S/C10H7F2IO2/c1-5(15)9-6(4-14)2-7(13)3-8(9)10(11)12/h2-4,10H,1H3. The second kappa shape index (κ2) is 4.78. The molecule has 0 heterocycles. The van der Waals surface area contributed by atoms with Crippen LogP contribution in [0.15, 0.2) is 12.1 Å². The Morgan fingerprint density at radius 2 is 2.07 bits per heavy atom. The van der Waals surface area contributed by atoms with Crippen molar-refractivity contribution in [2.45, 2.75) is 13.3 Å². The first-order chi connectivity index (χ1) is 6.97. The van der Waals surface area contributed by atoms with Crippen molar-refractivity contribution in [2.75, 3.05) is 0 Å². The number of halogens is 3. The van der Waals surface area contributed by atoms with Crippen molar-refractivity contribution in [2.24, 2.45) is 0 Å². The largest absolute Gasteiger partial charge is 0.298 e. The van der Waals surface area contributed by atoms with Gasteiger partial charge in [0.2, 0.25) is 0 Å². The molecular weight excluding hydrogens is 317 g/mol. The van der Waals surface area contributed by atoms with Crippen LogP contribution in [0, 0.1) is 3.57 Å². The van der Waals surface area contributed by atoms with Crippen LogP contribution in [0.2, 0.25) is 0 Å². The van der Waals surface area contributed by atoms with Crippen LogP contribution >= 0.6 is 22.6 Å². The molecule has 80 valence electrons. The molecule has 0 aliphatic rings. The van der Waals surface area contributed by atoms with E-state index in [0.29, 0.717) is 9.86 Å². The minimum absolute atomic E-state index is 0.0182. The lowest BCUT2D eigenvalue weighted by atomic mass is 9.99. The molecule has 0 aromatic heterocycles. The van der Waals surface area contributed by atoms with Crippen molar-refractivity contribution in [3.8, 4) is 0 Å². The molecule has 2 nitrogen and oxygen atoms in total. The van der Waals surface area contributed by atoms with E-state index < -0.39 is 12.2 Å². The summed E-state index contributed by atoms with van der Waals surface area (Å²) in [6, 6.07) is 2.63. The summed E-state index contributed by atoms with van der Waals surface area (Å²) in [5.41, 5.74) is -0.540. The van der Waals surface area contributed by atoms with Gasteiger partial charge >= 0.3 is 0 Å². The summed E-state index contributed by atoms with van der Waals surface area (Å²) < 4.78 is 25.7. The monoisotopic (exact) mass is 324 g/mol. The first-order valence-corrected chi connectivity index (χ1v) is 5.13. The van der Waals surface area contributed by atoms with Crippen molar-refractivity contribution < 1.29 is 18.4 Å². The molecule has 0 saturated carbocycles. The molecule has 0 saturated heterocycles. The Hall–Kier alpha value is -0.850. The number of rotatable bonds is 3. The summed E-state index contributed by atoms with van der Waals surface area (Å²) >= 11 is 1.82. The van der Waals surface area contributed by atoms with Crippen LogP contribution in [0.5, 0.6) is 0 Å². The highest BCUT2D eigenvalue weighted by Crippen LogP contribution is 2.27. The van der Waals surface area contributed by atoms with Gasteiger partial charge in [-0.1, -0.05) is 0 Å². The number of hydrogen-bond donors (Lipinski definition) is 0. The Kier molecular flexibility index (Phi) is 3.90. The van der Waals surface area contributed by atoms with E-state index in [9.17, 15) is 18.4 Å². The first-order valence-electron chi connectivity index (χ1n) is 4.05. The zero-order chi connectivity index (χ0) is 11.6. The summed E-state index contributed by atoms with van der Waals surface area (Å²) in [6.45, 7) is 1.17. The van der Waals surface area contributed by atoms with E-state index in [2.05, 4.69) is 0 Å². The van der Waals surface area contributed by atoms with E-state index in [-0.39, 0.29) is 16.7 Å². The van der Waals surface area contributed by atoms with E-state index in [4.69, 9.17) is 0 Å². The summed E-state index contributed by atoms with van der Waals surface area (Å²) in [5, 5.41) is 0. The topological polar surface area (TPSA) is 34.1 Å². The summed E-state index contributed by atoms with van der Waals surface area (Å²) in [5.74, 6) is -0.524. The normalized spacial score (nSPS) is 10.5. The predicted molar refractivity (Wildman–Crippen MR) is 59.5 cm³/mol. The Balaban J connectivity index is 3.54. The second-order valence-electron chi connectivity index (χ2n) is 2.93. The molecule has 0 aliphatic heterocycles. The smallest absolute Gasteiger partial charge is 0.264 e. The SMILES string of the molecule is CC(=O)c1c(C=O)cc(I)cc1C(F)F. The number of aldehydes is 1. The number of hydrogen-bond acceptors (Lipinski definition) is 2. The van der Waals surface area contributed by atoms with Gasteiger partial charge in [-0.2, -0.15) is 0 Å². The zero-order valence-electron chi connectivity index (χ0n) is 7.76. The molecule has 5 heteroatoms. The molecular formula is C10H7F2IO2. The molecule has 0 amide bonds. The molecule has 15 heavy (non-hydrogen) atoms. The van der Waals surface area contributed by atoms with Gasteiger partial charge in [0, 0.05) is 20.3 Å². The molecule has 0 N–H and O–H groups in total. The van der Waals surface area contributed by atoms with Gasteiger partial charge in [0.15, 0.2) is 12.1 Å². The second-order valence-corrected chi connectivity index (χ2v) is 4.18. The molecule has 1 aromatic carbocycles. The van der Waals surface area contributed by atoms with Gasteiger partial charge in [-0.25, -0.2) is 8.78 Å². The van der Waals surface area contributed by atoms with Crippen molar-refractivity contribution >= 4 is 34.7 Å². The van der Waals surface area contributed by atoms with Gasteiger partial charge in [-0.3, -0.25) is 9.59 Å². The Morgan fingerprint density at radius 3 is 2.47 bits per heavy atom. The van der Waals surface area contributed by atoms with Gasteiger partial charge in [0.05, 0.1) is 0 Å². The van der Waals surface area contributed by atoms with Crippen LogP contribution in [0.25, 0.3) is 0 Å². The lowest BCUT2D eigenvalue weighted by molar-refractivity contribution is 0.0991. The fourth-order valence-electron chi connectivity index (χ4n) is 1.32. The van der Waals surface area contributed by atoms with Crippen LogP contribution in [0.4, 0.5) is 8.78 Å². The first kappa shape index (κ1) is 12.2. The van der Waals surface area contributed by atoms with Crippen molar-refractivity contribution in [1.82, 2.24) is 0 Å². The molecule has 1 rings (SSSR count). The van der Waals surface area contributed by atoms with Gasteiger partial charge in [-0.05, 0) is 41.6 Å². The van der Waals surface area contributed by atoms with Gasteiger partial charge in [0.1, 0.15) is 0 Å². The van der Waals surface area contributed by atoms with Crippen LogP contribution in [-0.4, -0.2) is 12.1 Å². The lowest BCUT2D eigenvalue weighted by Gasteiger charge is -2.09. The van der Waals surface area contributed by atoms with Crippen LogP contribution in [0.1, 0.15) is 39.6 Å².